The summed E-state index contributed by atoms with van der Waals surface area (Å²) >= 11 is 0. The average Bonchev–Trinajstić information content (AvgIpc) is 3.04. The van der Waals surface area contributed by atoms with Gasteiger partial charge in [-0.2, -0.15) is 5.10 Å². The Hall–Kier alpha value is -3.80. The summed E-state index contributed by atoms with van der Waals surface area (Å²) < 4.78 is 1.63. The SMILES string of the molecule is CC(=O)c1ccc(NC(=O)Cn2nc(C)c3c(-c4cccc(C)c4)ccnc32)cc1. The zero-order valence-corrected chi connectivity index (χ0v) is 17.1. The summed E-state index contributed by atoms with van der Waals surface area (Å²) in [4.78, 5) is 28.5. The first kappa shape index (κ1) is 19.5. The number of hydrogen-bond acceptors (Lipinski definition) is 4. The van der Waals surface area contributed by atoms with Gasteiger partial charge in [-0.1, -0.05) is 29.8 Å². The number of amides is 1. The van der Waals surface area contributed by atoms with Crippen LogP contribution in [-0.4, -0.2) is 26.5 Å². The monoisotopic (exact) mass is 398 g/mol. The van der Waals surface area contributed by atoms with Gasteiger partial charge in [-0.05, 0) is 62.2 Å². The second kappa shape index (κ2) is 7.91. The molecule has 0 unspecified atom stereocenters. The van der Waals surface area contributed by atoms with Crippen LogP contribution in [0.5, 0.6) is 0 Å². The van der Waals surface area contributed by atoms with E-state index < -0.39 is 0 Å². The van der Waals surface area contributed by atoms with Gasteiger partial charge in [0.1, 0.15) is 6.54 Å². The predicted octanol–water partition coefficient (Wildman–Crippen LogP) is 4.56. The minimum atomic E-state index is -0.210. The molecule has 4 aromatic rings. The molecule has 6 heteroatoms. The number of Topliss-reactive ketones (excluding diaryl/α,β-unsaturated/α-hetero) is 1. The lowest BCUT2D eigenvalue weighted by Crippen LogP contribution is -2.19. The van der Waals surface area contributed by atoms with Gasteiger partial charge in [-0.3, -0.25) is 9.59 Å². The number of nitrogens with one attached hydrogen (secondary N) is 1. The number of rotatable bonds is 5. The van der Waals surface area contributed by atoms with Gasteiger partial charge in [-0.15, -0.1) is 0 Å². The summed E-state index contributed by atoms with van der Waals surface area (Å²) in [6.07, 6.45) is 1.75. The number of pyridine rings is 1. The number of benzene rings is 2. The van der Waals surface area contributed by atoms with Crippen LogP contribution in [0.4, 0.5) is 5.69 Å². The van der Waals surface area contributed by atoms with Gasteiger partial charge >= 0.3 is 0 Å². The van der Waals surface area contributed by atoms with Gasteiger partial charge in [0.2, 0.25) is 5.91 Å². The second-order valence-electron chi connectivity index (χ2n) is 7.35. The van der Waals surface area contributed by atoms with Crippen LogP contribution < -0.4 is 5.32 Å². The van der Waals surface area contributed by atoms with E-state index in [1.807, 2.05) is 19.1 Å². The maximum atomic E-state index is 12.6. The molecule has 0 aliphatic rings. The molecule has 0 bridgehead atoms. The number of carbonyl (C=O) groups excluding carboxylic acids is 2. The molecule has 0 spiro atoms. The molecule has 0 radical (unpaired) electrons. The first-order chi connectivity index (χ1) is 14.4. The molecule has 1 N–H and O–H groups in total. The lowest BCUT2D eigenvalue weighted by Gasteiger charge is -2.08. The van der Waals surface area contributed by atoms with Gasteiger partial charge in [0.25, 0.3) is 0 Å². The standard InChI is InChI=1S/C24H22N4O2/c1-15-5-4-6-19(13-15)21-11-12-25-24-23(21)16(2)27-28(24)14-22(30)26-20-9-7-18(8-10-20)17(3)29/h4-13H,14H2,1-3H3,(H,26,30). The lowest BCUT2D eigenvalue weighted by atomic mass is 10.0. The third kappa shape index (κ3) is 3.85. The van der Waals surface area contributed by atoms with Crippen molar-refractivity contribution in [3.05, 3.63) is 77.6 Å². The Kier molecular flexibility index (Phi) is 5.14. The van der Waals surface area contributed by atoms with E-state index in [0.29, 0.717) is 16.9 Å². The minimum Gasteiger partial charge on any atom is -0.324 e. The first-order valence-electron chi connectivity index (χ1n) is 9.72. The molecular formula is C24H22N4O2. The van der Waals surface area contributed by atoms with Crippen molar-refractivity contribution in [2.24, 2.45) is 0 Å². The molecule has 2 aromatic carbocycles. The molecule has 0 aliphatic carbocycles. The van der Waals surface area contributed by atoms with E-state index in [2.05, 4.69) is 40.5 Å². The van der Waals surface area contributed by atoms with E-state index in [-0.39, 0.29) is 18.2 Å². The highest BCUT2D eigenvalue weighted by molar-refractivity contribution is 5.97. The Labute approximate surface area is 174 Å². The topological polar surface area (TPSA) is 76.9 Å². The molecule has 0 saturated carbocycles. The fraction of sp³-hybridized carbons (Fsp3) is 0.167. The highest BCUT2D eigenvalue weighted by atomic mass is 16.2. The summed E-state index contributed by atoms with van der Waals surface area (Å²) in [5, 5.41) is 8.36. The number of ketones is 1. The molecule has 0 atom stereocenters. The van der Waals surface area contributed by atoms with Gasteiger partial charge in [0, 0.05) is 22.8 Å². The highest BCUT2D eigenvalue weighted by Gasteiger charge is 2.16. The fourth-order valence-corrected chi connectivity index (χ4v) is 3.57. The van der Waals surface area contributed by atoms with Crippen LogP contribution >= 0.6 is 0 Å². The number of carbonyl (C=O) groups is 2. The van der Waals surface area contributed by atoms with Gasteiger partial charge in [-0.25, -0.2) is 9.67 Å². The number of aryl methyl sites for hydroxylation is 2. The van der Waals surface area contributed by atoms with E-state index in [0.717, 1.165) is 22.2 Å². The zero-order valence-electron chi connectivity index (χ0n) is 17.1. The number of hydrogen-bond donors (Lipinski definition) is 1. The van der Waals surface area contributed by atoms with Crippen LogP contribution in [0.15, 0.2) is 60.8 Å². The first-order valence-corrected chi connectivity index (χ1v) is 9.72. The summed E-state index contributed by atoms with van der Waals surface area (Å²) in [6, 6.07) is 17.1. The highest BCUT2D eigenvalue weighted by Crippen LogP contribution is 2.30. The van der Waals surface area contributed by atoms with E-state index in [9.17, 15) is 9.59 Å². The van der Waals surface area contributed by atoms with Crippen molar-refractivity contribution in [1.82, 2.24) is 14.8 Å². The van der Waals surface area contributed by atoms with Crippen LogP contribution in [0.3, 0.4) is 0 Å². The quantitative estimate of drug-likeness (QED) is 0.500. The maximum absolute atomic E-state index is 12.6. The lowest BCUT2D eigenvalue weighted by molar-refractivity contribution is -0.116. The van der Waals surface area contributed by atoms with Crippen molar-refractivity contribution in [2.45, 2.75) is 27.3 Å². The predicted molar refractivity (Wildman–Crippen MR) is 118 cm³/mol. The van der Waals surface area contributed by atoms with E-state index in [4.69, 9.17) is 0 Å². The number of anilines is 1. The summed E-state index contributed by atoms with van der Waals surface area (Å²) in [5.41, 5.74) is 6.06. The average molecular weight is 398 g/mol. The molecular weight excluding hydrogens is 376 g/mol. The second-order valence-corrected chi connectivity index (χ2v) is 7.35. The van der Waals surface area contributed by atoms with Crippen molar-refractivity contribution in [3.63, 3.8) is 0 Å². The maximum Gasteiger partial charge on any atom is 0.246 e. The molecule has 4 rings (SSSR count). The van der Waals surface area contributed by atoms with E-state index in [1.54, 1.807) is 35.1 Å². The number of aromatic nitrogens is 3. The Morgan fingerprint density at radius 1 is 1.03 bits per heavy atom. The third-order valence-corrected chi connectivity index (χ3v) is 5.01. The van der Waals surface area contributed by atoms with Crippen molar-refractivity contribution in [1.29, 1.82) is 0 Å². The van der Waals surface area contributed by atoms with Gasteiger partial charge in [0.15, 0.2) is 11.4 Å². The molecule has 2 heterocycles. The molecule has 1 amide bonds. The molecule has 30 heavy (non-hydrogen) atoms. The molecule has 0 aliphatic heterocycles. The molecule has 0 saturated heterocycles. The Morgan fingerprint density at radius 2 is 1.80 bits per heavy atom. The summed E-state index contributed by atoms with van der Waals surface area (Å²) in [7, 11) is 0. The van der Waals surface area contributed by atoms with Crippen LogP contribution in [0.25, 0.3) is 22.2 Å². The Morgan fingerprint density at radius 3 is 2.50 bits per heavy atom. The normalized spacial score (nSPS) is 10.9. The van der Waals surface area contributed by atoms with E-state index >= 15 is 0 Å². The van der Waals surface area contributed by atoms with Gasteiger partial charge in [0.05, 0.1) is 5.69 Å². The molecule has 2 aromatic heterocycles. The number of fused-ring (bicyclic) bond motifs is 1. The van der Waals surface area contributed by atoms with Crippen LogP contribution in [0.2, 0.25) is 0 Å². The fourth-order valence-electron chi connectivity index (χ4n) is 3.57. The van der Waals surface area contributed by atoms with Crippen LogP contribution in [0.1, 0.15) is 28.5 Å². The third-order valence-electron chi connectivity index (χ3n) is 5.01. The number of nitrogens with zero attached hydrogens (tertiary/aromatic N) is 3. The van der Waals surface area contributed by atoms with Crippen molar-refractivity contribution in [2.75, 3.05) is 5.32 Å². The Bertz CT molecular complexity index is 1260. The van der Waals surface area contributed by atoms with Crippen molar-refractivity contribution < 1.29 is 9.59 Å². The molecule has 6 nitrogen and oxygen atoms in total. The van der Waals surface area contributed by atoms with Crippen molar-refractivity contribution in [3.8, 4) is 11.1 Å². The van der Waals surface area contributed by atoms with Gasteiger partial charge < -0.3 is 5.32 Å². The summed E-state index contributed by atoms with van der Waals surface area (Å²) in [5.74, 6) is -0.223. The molecule has 150 valence electrons. The largest absolute Gasteiger partial charge is 0.324 e. The summed E-state index contributed by atoms with van der Waals surface area (Å²) in [6.45, 7) is 5.55. The van der Waals surface area contributed by atoms with Crippen molar-refractivity contribution >= 4 is 28.4 Å². The van der Waals surface area contributed by atoms with Crippen LogP contribution in [-0.2, 0) is 11.3 Å². The van der Waals surface area contributed by atoms with Crippen LogP contribution in [0, 0.1) is 13.8 Å². The Balaban J connectivity index is 1.61. The van der Waals surface area contributed by atoms with E-state index in [1.165, 1.54) is 12.5 Å². The zero-order chi connectivity index (χ0) is 21.3. The molecule has 0 fully saturated rings. The minimum absolute atomic E-state index is 0.0122. The smallest absolute Gasteiger partial charge is 0.246 e.